The van der Waals surface area contributed by atoms with Gasteiger partial charge < -0.3 is 34.4 Å². The van der Waals surface area contributed by atoms with E-state index >= 15 is 0 Å². The van der Waals surface area contributed by atoms with Crippen LogP contribution in [0.2, 0.25) is 0 Å². The molecule has 254 valence electrons. The van der Waals surface area contributed by atoms with E-state index in [-0.39, 0.29) is 12.0 Å². The zero-order chi connectivity index (χ0) is 34.8. The van der Waals surface area contributed by atoms with Crippen LogP contribution in [-0.2, 0) is 57.6 Å². The van der Waals surface area contributed by atoms with Gasteiger partial charge in [0.15, 0.2) is 21.8 Å². The number of fused-ring (bicyclic) bond motifs is 2. The van der Waals surface area contributed by atoms with E-state index in [9.17, 15) is 47.1 Å². The molecule has 1 aromatic carbocycles. The average molecular weight is 696 g/mol. The molecular weight excluding hydrogens is 662 g/mol. The zero-order valence-corrected chi connectivity index (χ0v) is 27.5. The second kappa shape index (κ2) is 11.8. The molecule has 47 heavy (non-hydrogen) atoms. The number of sulfone groups is 1. The van der Waals surface area contributed by atoms with Gasteiger partial charge in [0.25, 0.3) is 0 Å². The van der Waals surface area contributed by atoms with E-state index in [1.165, 1.54) is 42.6 Å². The van der Waals surface area contributed by atoms with Crippen molar-refractivity contribution in [2.24, 2.45) is 0 Å². The van der Waals surface area contributed by atoms with Crippen molar-refractivity contribution in [3.8, 4) is 0 Å². The number of aliphatic carboxylic acids is 1. The van der Waals surface area contributed by atoms with Crippen molar-refractivity contribution in [1.29, 1.82) is 0 Å². The Morgan fingerprint density at radius 1 is 1.02 bits per heavy atom. The van der Waals surface area contributed by atoms with Crippen LogP contribution >= 0.6 is 11.8 Å². The first-order chi connectivity index (χ1) is 21.8. The Hall–Kier alpha value is -4.19. The number of hydrogen-bond donors (Lipinski definition) is 2. The number of carbonyl (C=O) groups is 7. The number of hydrogen-bond acceptors (Lipinski definition) is 13. The summed E-state index contributed by atoms with van der Waals surface area (Å²) in [5, 5.41) is 10.1. The van der Waals surface area contributed by atoms with Gasteiger partial charge in [0, 0.05) is 18.6 Å². The SMILES string of the molecule is CC(=O)OC[C@@]1(C)[C@H](C(=O)OC(C)OC(=O)[C@@H]2N3C(=O)[C@@H](NC(=O)C(C(=O)O)c4ccccc4)[C@H]3SC2(C)C)N2C(=O)C[C@H]2S1(=O)=O. The van der Waals surface area contributed by atoms with Gasteiger partial charge in [0.1, 0.15) is 34.2 Å². The third-order valence-corrected chi connectivity index (χ3v) is 13.1. The normalized spacial score (nSPS) is 30.9. The van der Waals surface area contributed by atoms with Crippen molar-refractivity contribution in [1.82, 2.24) is 15.1 Å². The van der Waals surface area contributed by atoms with E-state index < -0.39 is 109 Å². The summed E-state index contributed by atoms with van der Waals surface area (Å²) in [4.78, 5) is 90.7. The van der Waals surface area contributed by atoms with Gasteiger partial charge in [0.05, 0.1) is 6.42 Å². The molecule has 0 bridgehead atoms. The van der Waals surface area contributed by atoms with Crippen LogP contribution in [0.5, 0.6) is 0 Å². The van der Waals surface area contributed by atoms with Crippen LogP contribution < -0.4 is 5.32 Å². The highest BCUT2D eigenvalue weighted by atomic mass is 32.2. The van der Waals surface area contributed by atoms with Crippen LogP contribution in [0.25, 0.3) is 0 Å². The molecule has 2 N–H and O–H groups in total. The average Bonchev–Trinajstić information content (AvgIpc) is 3.30. The molecule has 0 aromatic heterocycles. The maximum atomic E-state index is 13.4. The van der Waals surface area contributed by atoms with Gasteiger partial charge >= 0.3 is 23.9 Å². The number of rotatable bonds is 10. The Morgan fingerprint density at radius 3 is 2.17 bits per heavy atom. The standard InChI is InChI=1S/C29H33N3O13S2/c1-13(33)43-12-29(5)21(31-16(34)11-17(31)47(29,41)42)27(40)45-14(2)44-26(39)20-28(3,4)46-24-19(23(36)32(20)24)30-22(35)18(25(37)38)15-9-7-6-8-10-15/h6-10,14,17-21,24H,11-12H2,1-5H3,(H,30,35)(H,37,38)/t14?,17-,18?,19-,20+,21+,24-,29+/m1/s1. The molecule has 16 nitrogen and oxygen atoms in total. The molecule has 0 spiro atoms. The summed E-state index contributed by atoms with van der Waals surface area (Å²) < 4.78 is 39.1. The van der Waals surface area contributed by atoms with E-state index in [0.29, 0.717) is 0 Å². The molecule has 3 amide bonds. The van der Waals surface area contributed by atoms with Crippen molar-refractivity contribution in [3.63, 3.8) is 0 Å². The zero-order valence-electron chi connectivity index (χ0n) is 25.9. The second-order valence-corrected chi connectivity index (χ2v) is 16.7. The maximum absolute atomic E-state index is 13.4. The molecule has 0 aliphatic carbocycles. The minimum absolute atomic E-state index is 0.224. The Bertz CT molecular complexity index is 1670. The minimum Gasteiger partial charge on any atom is -0.480 e. The largest absolute Gasteiger partial charge is 0.480 e. The Balaban J connectivity index is 1.26. The molecule has 5 rings (SSSR count). The van der Waals surface area contributed by atoms with Crippen LogP contribution in [0.4, 0.5) is 0 Å². The number of β-lactam (4-membered cyclic amide) rings is 2. The first-order valence-corrected chi connectivity index (χ1v) is 16.9. The van der Waals surface area contributed by atoms with Gasteiger partial charge in [-0.15, -0.1) is 11.8 Å². The number of ether oxygens (including phenoxy) is 3. The van der Waals surface area contributed by atoms with E-state index in [4.69, 9.17) is 14.2 Å². The van der Waals surface area contributed by atoms with E-state index in [0.717, 1.165) is 11.8 Å². The Labute approximate surface area is 273 Å². The van der Waals surface area contributed by atoms with Crippen molar-refractivity contribution < 1.29 is 61.3 Å². The van der Waals surface area contributed by atoms with Crippen molar-refractivity contribution in [2.45, 2.75) is 91.6 Å². The number of esters is 3. The molecule has 2 unspecified atom stereocenters. The topological polar surface area (TPSA) is 220 Å². The number of amides is 3. The molecule has 4 aliphatic rings. The fourth-order valence-corrected chi connectivity index (χ4v) is 10.3. The highest BCUT2D eigenvalue weighted by molar-refractivity contribution is 8.01. The fraction of sp³-hybridized carbons (Fsp3) is 0.552. The van der Waals surface area contributed by atoms with Gasteiger partial charge in [0.2, 0.25) is 24.0 Å². The minimum atomic E-state index is -4.18. The lowest BCUT2D eigenvalue weighted by Gasteiger charge is -2.44. The molecule has 0 radical (unpaired) electrons. The summed E-state index contributed by atoms with van der Waals surface area (Å²) in [6, 6.07) is 3.77. The predicted molar refractivity (Wildman–Crippen MR) is 159 cm³/mol. The molecule has 18 heteroatoms. The second-order valence-electron chi connectivity index (χ2n) is 12.4. The highest BCUT2D eigenvalue weighted by Crippen LogP contribution is 2.51. The Kier molecular flexibility index (Phi) is 8.58. The third-order valence-electron chi connectivity index (χ3n) is 8.77. The van der Waals surface area contributed by atoms with Gasteiger partial charge in [-0.2, -0.15) is 0 Å². The monoisotopic (exact) mass is 695 g/mol. The third kappa shape index (κ3) is 5.50. The van der Waals surface area contributed by atoms with Crippen molar-refractivity contribution in [3.05, 3.63) is 35.9 Å². The summed E-state index contributed by atoms with van der Waals surface area (Å²) in [7, 11) is -4.18. The number of thioether (sulfide) groups is 1. The Morgan fingerprint density at radius 2 is 1.62 bits per heavy atom. The smallest absolute Gasteiger partial charge is 0.333 e. The molecule has 1 aromatic rings. The van der Waals surface area contributed by atoms with Gasteiger partial charge in [-0.05, 0) is 26.3 Å². The number of carboxylic acids is 1. The summed E-state index contributed by atoms with van der Waals surface area (Å²) in [5.74, 6) is -8.11. The number of carboxylic acid groups (broad SMARTS) is 1. The summed E-state index contributed by atoms with van der Waals surface area (Å²) >= 11 is 1.18. The van der Waals surface area contributed by atoms with Gasteiger partial charge in [-0.25, -0.2) is 18.0 Å². The van der Waals surface area contributed by atoms with Gasteiger partial charge in [-0.3, -0.25) is 24.0 Å². The summed E-state index contributed by atoms with van der Waals surface area (Å²) in [6.07, 6.45) is -1.95. The molecule has 8 atom stereocenters. The number of carbonyl (C=O) groups excluding carboxylic acids is 6. The van der Waals surface area contributed by atoms with Crippen LogP contribution in [0.1, 0.15) is 52.5 Å². The quantitative estimate of drug-likeness (QED) is 0.137. The highest BCUT2D eigenvalue weighted by Gasteiger charge is 2.71. The van der Waals surface area contributed by atoms with Crippen molar-refractivity contribution in [2.75, 3.05) is 6.61 Å². The molecule has 4 fully saturated rings. The first-order valence-electron chi connectivity index (χ1n) is 14.5. The lowest BCUT2D eigenvalue weighted by atomic mass is 9.94. The molecule has 0 saturated carbocycles. The van der Waals surface area contributed by atoms with Gasteiger partial charge in [-0.1, -0.05) is 30.3 Å². The van der Waals surface area contributed by atoms with E-state index in [2.05, 4.69) is 5.32 Å². The summed E-state index contributed by atoms with van der Waals surface area (Å²) in [6.45, 7) is 6.02. The van der Waals surface area contributed by atoms with Crippen LogP contribution in [0.15, 0.2) is 30.3 Å². The predicted octanol–water partition coefficient (Wildman–Crippen LogP) is -0.488. The number of nitrogens with zero attached hydrogens (tertiary/aromatic N) is 2. The summed E-state index contributed by atoms with van der Waals surface area (Å²) in [5.41, 5.74) is 0.224. The van der Waals surface area contributed by atoms with Crippen molar-refractivity contribution >= 4 is 63.2 Å². The van der Waals surface area contributed by atoms with E-state index in [1.54, 1.807) is 32.0 Å². The number of nitrogens with one attached hydrogen (secondary N) is 1. The lowest BCUT2D eigenvalue weighted by molar-refractivity contribution is -0.196. The maximum Gasteiger partial charge on any atom is 0.333 e. The molecule has 4 aliphatic heterocycles. The lowest BCUT2D eigenvalue weighted by Crippen LogP contribution is -2.71. The molecule has 4 heterocycles. The van der Waals surface area contributed by atoms with Crippen LogP contribution in [0.3, 0.4) is 0 Å². The van der Waals surface area contributed by atoms with E-state index in [1.807, 2.05) is 0 Å². The van der Waals surface area contributed by atoms with Crippen LogP contribution in [-0.4, -0.2) is 116 Å². The number of benzene rings is 1. The fourth-order valence-electron chi connectivity index (χ4n) is 6.39. The van der Waals surface area contributed by atoms with Crippen LogP contribution in [0, 0.1) is 0 Å². The molecule has 4 saturated heterocycles. The molecular formula is C29H33N3O13S2. The first kappa shape index (κ1) is 34.2.